The average Bonchev–Trinajstić information content (AvgIpc) is 3.06. The molecule has 3 heteroatoms. The van der Waals surface area contributed by atoms with Crippen molar-refractivity contribution in [1.29, 1.82) is 0 Å². The molecule has 1 heterocycles. The topological polar surface area (TPSA) is 18.5 Å². The van der Waals surface area contributed by atoms with E-state index in [2.05, 4.69) is 26.8 Å². The van der Waals surface area contributed by atoms with Gasteiger partial charge in [-0.1, -0.05) is 20.8 Å². The first-order valence-electron chi connectivity index (χ1n) is 6.72. The van der Waals surface area contributed by atoms with Crippen LogP contribution in [0, 0.1) is 0 Å². The summed E-state index contributed by atoms with van der Waals surface area (Å²) >= 11 is 0. The van der Waals surface area contributed by atoms with Gasteiger partial charge < -0.3 is 9.16 Å². The van der Waals surface area contributed by atoms with E-state index in [0.29, 0.717) is 0 Å². The summed E-state index contributed by atoms with van der Waals surface area (Å²) in [5.41, 5.74) is 0.100. The van der Waals surface area contributed by atoms with Crippen molar-refractivity contribution in [3.8, 4) is 0 Å². The maximum Gasteiger partial charge on any atom is 0.250 e. The Balaban J connectivity index is 2.05. The van der Waals surface area contributed by atoms with E-state index in [0.717, 1.165) is 13.0 Å². The van der Waals surface area contributed by atoms with Gasteiger partial charge in [-0.15, -0.1) is 0 Å². The minimum absolute atomic E-state index is 0.100. The maximum absolute atomic E-state index is 6.42. The zero-order chi connectivity index (χ0) is 11.6. The molecule has 0 atom stereocenters. The molecule has 0 aromatic carbocycles. The molecule has 0 bridgehead atoms. The first-order valence-corrected chi connectivity index (χ1v) is 9.25. The van der Waals surface area contributed by atoms with Crippen molar-refractivity contribution >= 4 is 8.32 Å². The van der Waals surface area contributed by atoms with Crippen LogP contribution in [0.15, 0.2) is 11.8 Å². The number of ether oxygens (including phenoxy) is 1. The van der Waals surface area contributed by atoms with Gasteiger partial charge in [-0.3, -0.25) is 0 Å². The second kappa shape index (κ2) is 4.53. The number of rotatable bonds is 5. The SMILES string of the molecule is CC[Si](CC)(CC)OC1=CC2(CC2)OCC1. The second-order valence-corrected chi connectivity index (χ2v) is 9.81. The summed E-state index contributed by atoms with van der Waals surface area (Å²) in [6, 6.07) is 3.68. The quantitative estimate of drug-likeness (QED) is 0.680. The molecule has 1 saturated carbocycles. The summed E-state index contributed by atoms with van der Waals surface area (Å²) < 4.78 is 12.2. The van der Waals surface area contributed by atoms with Crippen molar-refractivity contribution in [3.63, 3.8) is 0 Å². The van der Waals surface area contributed by atoms with Crippen LogP contribution in [-0.4, -0.2) is 20.5 Å². The van der Waals surface area contributed by atoms with Gasteiger partial charge >= 0.3 is 0 Å². The van der Waals surface area contributed by atoms with E-state index < -0.39 is 8.32 Å². The van der Waals surface area contributed by atoms with Crippen LogP contribution in [0.5, 0.6) is 0 Å². The smallest absolute Gasteiger partial charge is 0.250 e. The summed E-state index contributed by atoms with van der Waals surface area (Å²) in [6.45, 7) is 7.71. The third-order valence-electron chi connectivity index (χ3n) is 4.19. The summed E-state index contributed by atoms with van der Waals surface area (Å²) in [6.07, 6.45) is 5.65. The van der Waals surface area contributed by atoms with Crippen molar-refractivity contribution < 1.29 is 9.16 Å². The fraction of sp³-hybridized carbons (Fsp3) is 0.846. The Bertz CT molecular complexity index is 269. The lowest BCUT2D eigenvalue weighted by atomic mass is 10.2. The van der Waals surface area contributed by atoms with Gasteiger partial charge in [0, 0.05) is 6.42 Å². The Morgan fingerprint density at radius 1 is 1.25 bits per heavy atom. The molecule has 0 radical (unpaired) electrons. The fourth-order valence-corrected chi connectivity index (χ4v) is 5.15. The van der Waals surface area contributed by atoms with E-state index in [9.17, 15) is 0 Å². The third-order valence-corrected chi connectivity index (χ3v) is 8.75. The minimum atomic E-state index is -1.46. The molecule has 0 unspecified atom stereocenters. The monoisotopic (exact) mass is 240 g/mol. The molecule has 1 spiro atoms. The predicted molar refractivity (Wildman–Crippen MR) is 68.9 cm³/mol. The van der Waals surface area contributed by atoms with Crippen LogP contribution in [0.4, 0.5) is 0 Å². The summed E-state index contributed by atoms with van der Waals surface area (Å²) in [5.74, 6) is 1.24. The molecule has 16 heavy (non-hydrogen) atoms. The largest absolute Gasteiger partial charge is 0.547 e. The second-order valence-electron chi connectivity index (χ2n) is 5.12. The Kier molecular flexibility index (Phi) is 3.45. The lowest BCUT2D eigenvalue weighted by molar-refractivity contribution is 0.0479. The van der Waals surface area contributed by atoms with Gasteiger partial charge in [-0.25, -0.2) is 0 Å². The highest BCUT2D eigenvalue weighted by Crippen LogP contribution is 2.45. The fourth-order valence-electron chi connectivity index (χ4n) is 2.50. The van der Waals surface area contributed by atoms with Gasteiger partial charge in [0.05, 0.1) is 18.0 Å². The van der Waals surface area contributed by atoms with Gasteiger partial charge in [0.15, 0.2) is 0 Å². The Hall–Kier alpha value is -0.283. The van der Waals surface area contributed by atoms with E-state index in [1.54, 1.807) is 0 Å². The zero-order valence-corrected chi connectivity index (χ0v) is 11.8. The molecular weight excluding hydrogens is 216 g/mol. The standard InChI is InChI=1S/C13H24O2Si/c1-4-16(5-2,6-3)15-12-7-10-14-13(11-12)8-9-13/h11H,4-10H2,1-3H3. The van der Waals surface area contributed by atoms with Crippen molar-refractivity contribution in [2.75, 3.05) is 6.61 Å². The van der Waals surface area contributed by atoms with Crippen LogP contribution in [0.1, 0.15) is 40.0 Å². The summed E-state index contributed by atoms with van der Waals surface area (Å²) in [5, 5.41) is 0. The molecule has 0 saturated heterocycles. The van der Waals surface area contributed by atoms with Crippen LogP contribution in [0.3, 0.4) is 0 Å². The molecule has 0 aromatic heterocycles. The molecule has 0 N–H and O–H groups in total. The molecule has 92 valence electrons. The van der Waals surface area contributed by atoms with E-state index in [4.69, 9.17) is 9.16 Å². The van der Waals surface area contributed by atoms with E-state index in [-0.39, 0.29) is 5.60 Å². The Morgan fingerprint density at radius 3 is 2.38 bits per heavy atom. The van der Waals surface area contributed by atoms with Gasteiger partial charge in [-0.05, 0) is 37.0 Å². The third kappa shape index (κ3) is 2.35. The highest BCUT2D eigenvalue weighted by atomic mass is 28.4. The molecule has 2 rings (SSSR count). The van der Waals surface area contributed by atoms with Crippen LogP contribution in [-0.2, 0) is 9.16 Å². The van der Waals surface area contributed by atoms with Crippen LogP contribution < -0.4 is 0 Å². The van der Waals surface area contributed by atoms with E-state index >= 15 is 0 Å². The van der Waals surface area contributed by atoms with Crippen molar-refractivity contribution in [3.05, 3.63) is 11.8 Å². The summed E-state index contributed by atoms with van der Waals surface area (Å²) in [7, 11) is -1.46. The van der Waals surface area contributed by atoms with E-state index in [1.165, 1.54) is 36.7 Å². The molecule has 0 amide bonds. The Labute approximate surface area is 100 Å². The molecule has 1 fully saturated rings. The summed E-state index contributed by atoms with van der Waals surface area (Å²) in [4.78, 5) is 0. The number of hydrogen-bond acceptors (Lipinski definition) is 2. The molecule has 0 aromatic rings. The van der Waals surface area contributed by atoms with Gasteiger partial charge in [-0.2, -0.15) is 0 Å². The minimum Gasteiger partial charge on any atom is -0.547 e. The molecule has 1 aliphatic heterocycles. The lowest BCUT2D eigenvalue weighted by Crippen LogP contribution is -2.36. The normalized spacial score (nSPS) is 23.1. The van der Waals surface area contributed by atoms with Crippen LogP contribution >= 0.6 is 0 Å². The highest BCUT2D eigenvalue weighted by molar-refractivity contribution is 6.73. The first-order chi connectivity index (χ1) is 7.67. The molecule has 1 aliphatic carbocycles. The van der Waals surface area contributed by atoms with Crippen molar-refractivity contribution in [1.82, 2.24) is 0 Å². The Morgan fingerprint density at radius 2 is 1.88 bits per heavy atom. The molecular formula is C13H24O2Si. The molecule has 2 nitrogen and oxygen atoms in total. The maximum atomic E-state index is 6.42. The van der Waals surface area contributed by atoms with Gasteiger partial charge in [0.1, 0.15) is 0 Å². The molecule has 2 aliphatic rings. The van der Waals surface area contributed by atoms with Crippen LogP contribution in [0.25, 0.3) is 0 Å². The van der Waals surface area contributed by atoms with Crippen LogP contribution in [0.2, 0.25) is 18.1 Å². The zero-order valence-electron chi connectivity index (χ0n) is 10.8. The average molecular weight is 240 g/mol. The van der Waals surface area contributed by atoms with E-state index in [1.807, 2.05) is 0 Å². The predicted octanol–water partition coefficient (Wildman–Crippen LogP) is 3.85. The first kappa shape index (κ1) is 12.2. The highest BCUT2D eigenvalue weighted by Gasteiger charge is 2.45. The van der Waals surface area contributed by atoms with Gasteiger partial charge in [0.25, 0.3) is 0 Å². The van der Waals surface area contributed by atoms with Gasteiger partial charge in [0.2, 0.25) is 8.32 Å². The van der Waals surface area contributed by atoms with Crippen molar-refractivity contribution in [2.24, 2.45) is 0 Å². The van der Waals surface area contributed by atoms with Crippen molar-refractivity contribution in [2.45, 2.75) is 63.8 Å². The lowest BCUT2D eigenvalue weighted by Gasteiger charge is -2.33. The number of hydrogen-bond donors (Lipinski definition) is 0.